The number of allylic oxidation sites excluding steroid dienone is 2. The zero-order valence-corrected chi connectivity index (χ0v) is 18.7. The molecule has 6 rings (SSSR count). The van der Waals surface area contributed by atoms with Gasteiger partial charge in [0, 0.05) is 30.0 Å². The van der Waals surface area contributed by atoms with Crippen molar-refractivity contribution < 1.29 is 9.47 Å². The summed E-state index contributed by atoms with van der Waals surface area (Å²) < 4.78 is 11.9. The largest absolute Gasteiger partial charge is 0.473 e. The van der Waals surface area contributed by atoms with Crippen LogP contribution in [0, 0.1) is 0 Å². The van der Waals surface area contributed by atoms with Crippen LogP contribution >= 0.6 is 0 Å². The molecule has 33 heavy (non-hydrogen) atoms. The summed E-state index contributed by atoms with van der Waals surface area (Å²) in [6, 6.07) is 26.1. The quantitative estimate of drug-likeness (QED) is 0.498. The zero-order valence-electron chi connectivity index (χ0n) is 18.7. The lowest BCUT2D eigenvalue weighted by Crippen LogP contribution is -2.33. The molecule has 0 amide bonds. The fourth-order valence-electron chi connectivity index (χ4n) is 4.81. The number of ether oxygens (including phenoxy) is 2. The Kier molecular flexibility index (Phi) is 5.27. The molecule has 0 spiro atoms. The Balaban J connectivity index is 1.09. The SMILES string of the molecule is C1=CC2=C(CC1)CN(c1ccc(Cc3ccc(N4COc5ccccc5C4)cc3)cc1)CO2. The van der Waals surface area contributed by atoms with Gasteiger partial charge in [-0.1, -0.05) is 48.5 Å². The van der Waals surface area contributed by atoms with Gasteiger partial charge in [-0.25, -0.2) is 0 Å². The maximum absolute atomic E-state index is 5.96. The molecule has 0 radical (unpaired) electrons. The predicted molar refractivity (Wildman–Crippen MR) is 133 cm³/mol. The van der Waals surface area contributed by atoms with E-state index in [2.05, 4.69) is 82.6 Å². The Labute approximate surface area is 195 Å². The van der Waals surface area contributed by atoms with Crippen molar-refractivity contribution >= 4 is 11.4 Å². The van der Waals surface area contributed by atoms with Gasteiger partial charge in [-0.3, -0.25) is 0 Å². The Morgan fingerprint density at radius 2 is 1.36 bits per heavy atom. The second-order valence-corrected chi connectivity index (χ2v) is 8.97. The van der Waals surface area contributed by atoms with Crippen LogP contribution in [0.2, 0.25) is 0 Å². The van der Waals surface area contributed by atoms with Crippen LogP contribution in [0.4, 0.5) is 11.4 Å². The van der Waals surface area contributed by atoms with Crippen molar-refractivity contribution in [2.45, 2.75) is 25.8 Å². The molecule has 2 heterocycles. The zero-order chi connectivity index (χ0) is 22.0. The first-order valence-electron chi connectivity index (χ1n) is 11.7. The lowest BCUT2D eigenvalue weighted by molar-refractivity contribution is 0.203. The molecule has 0 N–H and O–H groups in total. The lowest BCUT2D eigenvalue weighted by Gasteiger charge is -2.33. The van der Waals surface area contributed by atoms with E-state index in [9.17, 15) is 0 Å². The number of anilines is 2. The minimum absolute atomic E-state index is 0.590. The molecule has 0 bridgehead atoms. The van der Waals surface area contributed by atoms with Crippen LogP contribution in [0.1, 0.15) is 29.5 Å². The van der Waals surface area contributed by atoms with Crippen molar-refractivity contribution in [3.8, 4) is 5.75 Å². The first-order chi connectivity index (χ1) is 16.3. The summed E-state index contributed by atoms with van der Waals surface area (Å²) in [4.78, 5) is 4.58. The summed E-state index contributed by atoms with van der Waals surface area (Å²) in [6.07, 6.45) is 7.48. The van der Waals surface area contributed by atoms with Crippen LogP contribution in [0.15, 0.2) is 96.3 Å². The summed E-state index contributed by atoms with van der Waals surface area (Å²) in [7, 11) is 0. The van der Waals surface area contributed by atoms with Crippen molar-refractivity contribution in [2.24, 2.45) is 0 Å². The second-order valence-electron chi connectivity index (χ2n) is 8.97. The monoisotopic (exact) mass is 436 g/mol. The van der Waals surface area contributed by atoms with Crippen LogP contribution in [-0.4, -0.2) is 20.0 Å². The van der Waals surface area contributed by atoms with E-state index in [4.69, 9.17) is 9.47 Å². The smallest absolute Gasteiger partial charge is 0.161 e. The van der Waals surface area contributed by atoms with E-state index >= 15 is 0 Å². The third-order valence-electron chi connectivity index (χ3n) is 6.71. The topological polar surface area (TPSA) is 24.9 Å². The molecule has 3 aromatic carbocycles. The highest BCUT2D eigenvalue weighted by Gasteiger charge is 2.20. The number of fused-ring (bicyclic) bond motifs is 1. The molecule has 0 saturated heterocycles. The van der Waals surface area contributed by atoms with Gasteiger partial charge in [0.2, 0.25) is 0 Å². The molecule has 0 saturated carbocycles. The molecule has 4 heteroatoms. The third-order valence-corrected chi connectivity index (χ3v) is 6.71. The average Bonchev–Trinajstić information content (AvgIpc) is 2.89. The number of para-hydroxylation sites is 1. The van der Waals surface area contributed by atoms with Gasteiger partial charge in [0.15, 0.2) is 13.5 Å². The summed E-state index contributed by atoms with van der Waals surface area (Å²) in [6.45, 7) is 3.05. The van der Waals surface area contributed by atoms with E-state index in [-0.39, 0.29) is 0 Å². The standard InChI is InChI=1S/C29H28N2O2/c1-3-7-28-24(5-1)18-30(20-32-28)26-13-9-22(10-14-26)17-23-11-15-27(16-12-23)31-19-25-6-2-4-8-29(25)33-21-31/h1,3-5,7-16H,2,6,17-21H2. The van der Waals surface area contributed by atoms with E-state index in [1.165, 1.54) is 33.6 Å². The maximum atomic E-state index is 5.96. The highest BCUT2D eigenvalue weighted by molar-refractivity contribution is 5.53. The first-order valence-corrected chi connectivity index (χ1v) is 11.7. The molecule has 0 atom stereocenters. The molecule has 0 fully saturated rings. The van der Waals surface area contributed by atoms with Gasteiger partial charge in [-0.15, -0.1) is 0 Å². The van der Waals surface area contributed by atoms with Crippen LogP contribution in [0.3, 0.4) is 0 Å². The highest BCUT2D eigenvalue weighted by atomic mass is 16.5. The molecule has 3 aliphatic rings. The first kappa shape index (κ1) is 20.0. The number of rotatable bonds is 4. The van der Waals surface area contributed by atoms with Gasteiger partial charge in [0.1, 0.15) is 11.5 Å². The van der Waals surface area contributed by atoms with Gasteiger partial charge in [-0.05, 0) is 72.4 Å². The fraction of sp³-hybridized carbons (Fsp3) is 0.241. The Hall–Kier alpha value is -3.66. The van der Waals surface area contributed by atoms with Crippen molar-refractivity contribution in [2.75, 3.05) is 29.8 Å². The Bertz CT molecular complexity index is 1200. The summed E-state index contributed by atoms with van der Waals surface area (Å²) in [5.74, 6) is 2.08. The van der Waals surface area contributed by atoms with Crippen LogP contribution < -0.4 is 14.5 Å². The van der Waals surface area contributed by atoms with E-state index < -0.39 is 0 Å². The molecule has 1 aliphatic carbocycles. The van der Waals surface area contributed by atoms with Gasteiger partial charge in [0.25, 0.3) is 0 Å². The third kappa shape index (κ3) is 4.21. The van der Waals surface area contributed by atoms with Crippen LogP contribution in [-0.2, 0) is 17.7 Å². The molecule has 0 aromatic heterocycles. The number of benzene rings is 3. The van der Waals surface area contributed by atoms with Gasteiger partial charge >= 0.3 is 0 Å². The highest BCUT2D eigenvalue weighted by Crippen LogP contribution is 2.30. The molecule has 3 aromatic rings. The van der Waals surface area contributed by atoms with E-state index in [0.717, 1.165) is 43.9 Å². The van der Waals surface area contributed by atoms with Crippen molar-refractivity contribution in [1.82, 2.24) is 0 Å². The lowest BCUT2D eigenvalue weighted by atomic mass is 10.0. The van der Waals surface area contributed by atoms with E-state index in [0.29, 0.717) is 13.5 Å². The second kappa shape index (κ2) is 8.70. The fourth-order valence-corrected chi connectivity index (χ4v) is 4.81. The minimum atomic E-state index is 0.590. The number of hydrogen-bond donors (Lipinski definition) is 0. The summed E-state index contributed by atoms with van der Waals surface area (Å²) in [5.41, 5.74) is 7.70. The van der Waals surface area contributed by atoms with Crippen LogP contribution in [0.5, 0.6) is 5.75 Å². The normalized spacial score (nSPS) is 17.2. The van der Waals surface area contributed by atoms with Crippen LogP contribution in [0.25, 0.3) is 0 Å². The van der Waals surface area contributed by atoms with E-state index in [1.807, 2.05) is 12.1 Å². The van der Waals surface area contributed by atoms with Crippen molar-refractivity contribution in [3.63, 3.8) is 0 Å². The number of hydrogen-bond acceptors (Lipinski definition) is 4. The van der Waals surface area contributed by atoms with Gasteiger partial charge in [-0.2, -0.15) is 0 Å². The Morgan fingerprint density at radius 3 is 2.12 bits per heavy atom. The van der Waals surface area contributed by atoms with Crippen molar-refractivity contribution in [1.29, 1.82) is 0 Å². The average molecular weight is 437 g/mol. The molecule has 0 unspecified atom stereocenters. The molecule has 4 nitrogen and oxygen atoms in total. The van der Waals surface area contributed by atoms with Gasteiger partial charge in [0.05, 0.1) is 0 Å². The van der Waals surface area contributed by atoms with Crippen molar-refractivity contribution in [3.05, 3.63) is 113 Å². The summed E-state index contributed by atoms with van der Waals surface area (Å²) in [5, 5.41) is 0. The molecule has 2 aliphatic heterocycles. The molecule has 166 valence electrons. The Morgan fingerprint density at radius 1 is 0.697 bits per heavy atom. The molecular formula is C29H28N2O2. The number of nitrogens with zero attached hydrogens (tertiary/aromatic N) is 2. The maximum Gasteiger partial charge on any atom is 0.161 e. The minimum Gasteiger partial charge on any atom is -0.473 e. The summed E-state index contributed by atoms with van der Waals surface area (Å²) >= 11 is 0. The predicted octanol–water partition coefficient (Wildman–Crippen LogP) is 6.03. The van der Waals surface area contributed by atoms with E-state index in [1.54, 1.807) is 0 Å². The van der Waals surface area contributed by atoms with Gasteiger partial charge < -0.3 is 19.3 Å². The molecular weight excluding hydrogens is 408 g/mol.